The van der Waals surface area contributed by atoms with E-state index in [1.54, 1.807) is 35.1 Å². The molecule has 4 nitrogen and oxygen atoms in total. The lowest BCUT2D eigenvalue weighted by atomic mass is 9.87. The largest absolute Gasteiger partial charge is 0.516 e. The van der Waals surface area contributed by atoms with Crippen LogP contribution >= 0.6 is 23.2 Å². The van der Waals surface area contributed by atoms with Crippen LogP contribution in [0.25, 0.3) is 11.1 Å². The van der Waals surface area contributed by atoms with Gasteiger partial charge in [0, 0.05) is 15.6 Å². The highest BCUT2D eigenvalue weighted by molar-refractivity contribution is 7.93. The molecule has 0 aliphatic heterocycles. The van der Waals surface area contributed by atoms with Crippen LogP contribution in [0.15, 0.2) is 60.7 Å². The van der Waals surface area contributed by atoms with E-state index >= 15 is 0 Å². The van der Waals surface area contributed by atoms with Gasteiger partial charge < -0.3 is 4.74 Å². The Bertz CT molecular complexity index is 1270. The lowest BCUT2D eigenvalue weighted by Gasteiger charge is -2.20. The van der Waals surface area contributed by atoms with Gasteiger partial charge in [0.1, 0.15) is 5.75 Å². The summed E-state index contributed by atoms with van der Waals surface area (Å²) in [6.45, 7) is 6.10. The predicted molar refractivity (Wildman–Crippen MR) is 126 cm³/mol. The number of hydrogen-bond acceptors (Lipinski definition) is 3. The van der Waals surface area contributed by atoms with Gasteiger partial charge in [-0.15, -0.1) is 0 Å². The molecule has 0 saturated carbocycles. The zero-order chi connectivity index (χ0) is 24.6. The van der Waals surface area contributed by atoms with E-state index in [-0.39, 0.29) is 16.9 Å². The first-order valence-corrected chi connectivity index (χ1v) is 11.9. The summed E-state index contributed by atoms with van der Waals surface area (Å²) in [5.74, 6) is 0.171. The second-order valence-corrected chi connectivity index (χ2v) is 10.8. The van der Waals surface area contributed by atoms with Gasteiger partial charge in [-0.05, 0) is 59.0 Å². The van der Waals surface area contributed by atoms with E-state index in [1.807, 2.05) is 32.9 Å². The molecule has 3 rings (SSSR count). The number of halogens is 5. The second kappa shape index (κ2) is 9.08. The molecule has 0 aliphatic rings. The third kappa shape index (κ3) is 5.93. The first-order valence-electron chi connectivity index (χ1n) is 9.64. The minimum Gasteiger partial charge on any atom is -0.455 e. The van der Waals surface area contributed by atoms with Gasteiger partial charge in [0.15, 0.2) is 5.75 Å². The summed E-state index contributed by atoms with van der Waals surface area (Å²) in [6, 6.07) is 15.7. The van der Waals surface area contributed by atoms with Crippen LogP contribution in [0.4, 0.5) is 18.9 Å². The predicted octanol–water partition coefficient (Wildman–Crippen LogP) is 8.01. The highest BCUT2D eigenvalue weighted by atomic mass is 35.5. The molecule has 0 atom stereocenters. The average molecular weight is 518 g/mol. The fraction of sp³-hybridized carbons (Fsp3) is 0.217. The van der Waals surface area contributed by atoms with E-state index in [4.69, 9.17) is 27.9 Å². The third-order valence-corrected chi connectivity index (χ3v) is 6.38. The summed E-state index contributed by atoms with van der Waals surface area (Å²) in [7, 11) is -5.66. The summed E-state index contributed by atoms with van der Waals surface area (Å²) in [5, 5.41) is 0.750. The number of nitrogens with one attached hydrogen (secondary N) is 1. The molecule has 0 bridgehead atoms. The summed E-state index contributed by atoms with van der Waals surface area (Å²) in [4.78, 5) is 0. The van der Waals surface area contributed by atoms with Crippen LogP contribution in [0.3, 0.4) is 0 Å². The number of anilines is 1. The molecule has 10 heteroatoms. The molecule has 176 valence electrons. The smallest absolute Gasteiger partial charge is 0.455 e. The van der Waals surface area contributed by atoms with Crippen molar-refractivity contribution in [3.8, 4) is 22.6 Å². The van der Waals surface area contributed by atoms with E-state index in [9.17, 15) is 21.6 Å². The fourth-order valence-corrected chi connectivity index (χ4v) is 3.90. The van der Waals surface area contributed by atoms with Crippen molar-refractivity contribution in [3.05, 3.63) is 76.3 Å². The fourth-order valence-electron chi connectivity index (χ4n) is 2.93. The Morgan fingerprint density at radius 3 is 2.09 bits per heavy atom. The topological polar surface area (TPSA) is 55.4 Å². The number of alkyl halides is 3. The van der Waals surface area contributed by atoms with Gasteiger partial charge in [-0.25, -0.2) is 0 Å². The molecular weight excluding hydrogens is 498 g/mol. The molecule has 33 heavy (non-hydrogen) atoms. The van der Waals surface area contributed by atoms with Crippen molar-refractivity contribution >= 4 is 38.9 Å². The van der Waals surface area contributed by atoms with Crippen molar-refractivity contribution in [2.75, 3.05) is 4.72 Å². The van der Waals surface area contributed by atoms with E-state index in [0.717, 1.165) is 5.56 Å². The van der Waals surface area contributed by atoms with Crippen molar-refractivity contribution < 1.29 is 26.3 Å². The number of sulfonamides is 1. The van der Waals surface area contributed by atoms with Gasteiger partial charge in [0.25, 0.3) is 0 Å². The Morgan fingerprint density at radius 1 is 0.879 bits per heavy atom. The van der Waals surface area contributed by atoms with Crippen molar-refractivity contribution in [2.24, 2.45) is 0 Å². The molecule has 3 aromatic rings. The molecule has 0 aromatic heterocycles. The molecule has 1 N–H and O–H groups in total. The number of ether oxygens (including phenoxy) is 1. The molecule has 0 heterocycles. The maximum absolute atomic E-state index is 13.0. The maximum Gasteiger partial charge on any atom is 0.516 e. The van der Waals surface area contributed by atoms with E-state index < -0.39 is 15.5 Å². The van der Waals surface area contributed by atoms with Crippen LogP contribution < -0.4 is 9.46 Å². The van der Waals surface area contributed by atoms with Gasteiger partial charge in [-0.3, -0.25) is 4.72 Å². The molecule has 0 fully saturated rings. The van der Waals surface area contributed by atoms with Gasteiger partial charge in [0.05, 0.1) is 5.69 Å². The second-order valence-electron chi connectivity index (χ2n) is 8.26. The molecule has 0 saturated heterocycles. The first kappa shape index (κ1) is 25.2. The van der Waals surface area contributed by atoms with Crippen molar-refractivity contribution in [3.63, 3.8) is 0 Å². The minimum absolute atomic E-state index is 0.116. The number of rotatable bonds is 5. The molecule has 0 spiro atoms. The highest BCUT2D eigenvalue weighted by Gasteiger charge is 2.46. The maximum atomic E-state index is 13.0. The van der Waals surface area contributed by atoms with Crippen LogP contribution in [-0.2, 0) is 15.4 Å². The van der Waals surface area contributed by atoms with Gasteiger partial charge in [0.2, 0.25) is 0 Å². The van der Waals surface area contributed by atoms with Crippen molar-refractivity contribution in [2.45, 2.75) is 31.7 Å². The summed E-state index contributed by atoms with van der Waals surface area (Å²) >= 11 is 12.3. The van der Waals surface area contributed by atoms with Crippen LogP contribution in [0.2, 0.25) is 10.0 Å². The van der Waals surface area contributed by atoms with E-state index in [2.05, 4.69) is 0 Å². The van der Waals surface area contributed by atoms with E-state index in [0.29, 0.717) is 26.9 Å². The zero-order valence-corrected chi connectivity index (χ0v) is 20.1. The van der Waals surface area contributed by atoms with E-state index in [1.165, 1.54) is 18.2 Å². The molecule has 0 radical (unpaired) electrons. The van der Waals surface area contributed by atoms with Gasteiger partial charge in [-0.2, -0.15) is 21.6 Å². The molecule has 0 aliphatic carbocycles. The molecular formula is C23H20Cl2F3NO3S. The average Bonchev–Trinajstić information content (AvgIpc) is 2.70. The Hall–Kier alpha value is -2.42. The lowest BCUT2D eigenvalue weighted by molar-refractivity contribution is -0.0429. The molecule has 0 unspecified atom stereocenters. The van der Waals surface area contributed by atoms with Crippen LogP contribution in [0.1, 0.15) is 26.3 Å². The van der Waals surface area contributed by atoms with Gasteiger partial charge in [-0.1, -0.05) is 62.2 Å². The Morgan fingerprint density at radius 2 is 1.52 bits per heavy atom. The standard InChI is InChI=1S/C23H20Cl2F3NO3S/c1-22(2,3)15-5-8-17(9-6-15)32-21-12-14(18-13-16(24)7-10-19(18)25)4-11-20(21)29-33(30,31)23(26,27)28/h4-13,29H,1-3H3. The van der Waals surface area contributed by atoms with Crippen LogP contribution in [0.5, 0.6) is 11.5 Å². The monoisotopic (exact) mass is 517 g/mol. The summed E-state index contributed by atoms with van der Waals surface area (Å²) in [5.41, 5.74) is -3.99. The van der Waals surface area contributed by atoms with Crippen molar-refractivity contribution in [1.82, 2.24) is 0 Å². The molecule has 0 amide bonds. The first-order chi connectivity index (χ1) is 15.2. The number of hydrogen-bond donors (Lipinski definition) is 1. The summed E-state index contributed by atoms with van der Waals surface area (Å²) < 4.78 is 69.6. The Labute approximate surface area is 200 Å². The Balaban J connectivity index is 2.07. The van der Waals surface area contributed by atoms with Crippen LogP contribution in [-0.4, -0.2) is 13.9 Å². The third-order valence-electron chi connectivity index (χ3n) is 4.72. The zero-order valence-electron chi connectivity index (χ0n) is 17.8. The Kier molecular flexibility index (Phi) is 6.94. The van der Waals surface area contributed by atoms with Gasteiger partial charge >= 0.3 is 15.5 Å². The normalized spacial score (nSPS) is 12.5. The lowest BCUT2D eigenvalue weighted by Crippen LogP contribution is -2.30. The van der Waals surface area contributed by atoms with Crippen LogP contribution in [0, 0.1) is 0 Å². The summed E-state index contributed by atoms with van der Waals surface area (Å²) in [6.07, 6.45) is 0. The highest BCUT2D eigenvalue weighted by Crippen LogP contribution is 2.39. The number of benzene rings is 3. The minimum atomic E-state index is -5.66. The van der Waals surface area contributed by atoms with Crippen molar-refractivity contribution in [1.29, 1.82) is 0 Å². The quantitative estimate of drug-likeness (QED) is 0.372. The SMILES string of the molecule is CC(C)(C)c1ccc(Oc2cc(-c3cc(Cl)ccc3Cl)ccc2NS(=O)(=O)C(F)(F)F)cc1. The molecule has 3 aromatic carbocycles.